The third-order valence-electron chi connectivity index (χ3n) is 5.80. The molecule has 4 atom stereocenters. The summed E-state index contributed by atoms with van der Waals surface area (Å²) in [5.41, 5.74) is 0.694. The molecule has 1 nitrogen and oxygen atoms in total. The van der Waals surface area contributed by atoms with Crippen molar-refractivity contribution in [3.05, 3.63) is 0 Å². The van der Waals surface area contributed by atoms with Gasteiger partial charge in [-0.05, 0) is 40.9 Å². The predicted molar refractivity (Wildman–Crippen MR) is 63.6 cm³/mol. The summed E-state index contributed by atoms with van der Waals surface area (Å²) in [6, 6.07) is 0. The number of rotatable bonds is 0. The summed E-state index contributed by atoms with van der Waals surface area (Å²) in [5.74, 6) is 1.18. The molecule has 0 saturated heterocycles. The largest absolute Gasteiger partial charge is 0.392 e. The van der Waals surface area contributed by atoms with E-state index in [-0.39, 0.29) is 16.9 Å². The molecule has 2 aliphatic carbocycles. The van der Waals surface area contributed by atoms with Crippen LogP contribution in [0, 0.1) is 28.1 Å². The Balaban J connectivity index is 2.43. The van der Waals surface area contributed by atoms with Crippen molar-refractivity contribution < 1.29 is 5.11 Å². The van der Waals surface area contributed by atoms with Gasteiger partial charge < -0.3 is 5.11 Å². The van der Waals surface area contributed by atoms with E-state index in [0.29, 0.717) is 17.3 Å². The van der Waals surface area contributed by atoms with E-state index in [0.717, 1.165) is 0 Å². The van der Waals surface area contributed by atoms with Crippen molar-refractivity contribution in [2.75, 3.05) is 0 Å². The molecule has 0 aromatic carbocycles. The minimum atomic E-state index is -0.105. The lowest BCUT2D eigenvalue weighted by atomic mass is 9.67. The number of aliphatic hydroxyl groups excluding tert-OH is 1. The highest BCUT2D eigenvalue weighted by atomic mass is 16.3. The van der Waals surface area contributed by atoms with Gasteiger partial charge >= 0.3 is 0 Å². The molecule has 3 unspecified atom stereocenters. The first-order valence-corrected chi connectivity index (χ1v) is 6.30. The van der Waals surface area contributed by atoms with Gasteiger partial charge in [0.2, 0.25) is 0 Å². The summed E-state index contributed by atoms with van der Waals surface area (Å²) >= 11 is 0. The lowest BCUT2D eigenvalue weighted by Gasteiger charge is -2.40. The average molecular weight is 210 g/mol. The van der Waals surface area contributed by atoms with Gasteiger partial charge in [-0.15, -0.1) is 0 Å². The fraction of sp³-hybridized carbons (Fsp3) is 1.00. The topological polar surface area (TPSA) is 20.2 Å². The summed E-state index contributed by atoms with van der Waals surface area (Å²) < 4.78 is 0. The van der Waals surface area contributed by atoms with Crippen LogP contribution in [0.4, 0.5) is 0 Å². The number of fused-ring (bicyclic) bond motifs is 2. The maximum atomic E-state index is 10.6. The van der Waals surface area contributed by atoms with E-state index in [9.17, 15) is 5.11 Å². The van der Waals surface area contributed by atoms with Gasteiger partial charge in [0.05, 0.1) is 6.10 Å². The molecular formula is C14H26O. The monoisotopic (exact) mass is 210 g/mol. The summed E-state index contributed by atoms with van der Waals surface area (Å²) in [6.07, 6.45) is 2.41. The second kappa shape index (κ2) is 2.80. The van der Waals surface area contributed by atoms with Crippen LogP contribution in [0.5, 0.6) is 0 Å². The normalized spacial score (nSPS) is 48.6. The Kier molecular flexibility index (Phi) is 2.13. The van der Waals surface area contributed by atoms with E-state index in [4.69, 9.17) is 0 Å². The Morgan fingerprint density at radius 1 is 1.13 bits per heavy atom. The van der Waals surface area contributed by atoms with Crippen LogP contribution in [0.15, 0.2) is 0 Å². The molecule has 0 aliphatic heterocycles. The van der Waals surface area contributed by atoms with Crippen molar-refractivity contribution in [1.29, 1.82) is 0 Å². The fourth-order valence-corrected chi connectivity index (χ4v) is 4.41. The Morgan fingerprint density at radius 2 is 1.67 bits per heavy atom. The van der Waals surface area contributed by atoms with E-state index in [1.54, 1.807) is 0 Å². The summed E-state index contributed by atoms with van der Waals surface area (Å²) in [6.45, 7) is 13.9. The molecule has 2 aliphatic rings. The Labute approximate surface area is 94.3 Å². The molecule has 0 aromatic heterocycles. The van der Waals surface area contributed by atoms with Crippen molar-refractivity contribution in [3.8, 4) is 0 Å². The minimum Gasteiger partial charge on any atom is -0.392 e. The van der Waals surface area contributed by atoms with Crippen molar-refractivity contribution in [2.24, 2.45) is 28.1 Å². The lowest BCUT2D eigenvalue weighted by Crippen LogP contribution is -2.41. The lowest BCUT2D eigenvalue weighted by molar-refractivity contribution is -0.0401. The molecule has 2 bridgehead atoms. The zero-order chi connectivity index (χ0) is 11.6. The number of aliphatic hydroxyl groups is 1. The van der Waals surface area contributed by atoms with Gasteiger partial charge in [0, 0.05) is 0 Å². The molecule has 0 spiro atoms. The van der Waals surface area contributed by atoms with Crippen LogP contribution in [0.25, 0.3) is 0 Å². The molecule has 1 heteroatoms. The highest BCUT2D eigenvalue weighted by Crippen LogP contribution is 2.70. The quantitative estimate of drug-likeness (QED) is 0.649. The minimum absolute atomic E-state index is 0.105. The molecule has 2 saturated carbocycles. The average Bonchev–Trinajstić information content (AvgIpc) is 2.33. The van der Waals surface area contributed by atoms with Crippen LogP contribution in [-0.4, -0.2) is 11.2 Å². The van der Waals surface area contributed by atoms with Crippen molar-refractivity contribution in [2.45, 2.75) is 60.5 Å². The highest BCUT2D eigenvalue weighted by molar-refractivity contribution is 5.16. The Bertz CT molecular complexity index is 274. The van der Waals surface area contributed by atoms with Gasteiger partial charge in [-0.3, -0.25) is 0 Å². The third kappa shape index (κ3) is 1.19. The summed E-state index contributed by atoms with van der Waals surface area (Å²) in [4.78, 5) is 0. The fourth-order valence-electron chi connectivity index (χ4n) is 4.41. The van der Waals surface area contributed by atoms with E-state index < -0.39 is 0 Å². The summed E-state index contributed by atoms with van der Waals surface area (Å²) in [7, 11) is 0. The van der Waals surface area contributed by atoms with Crippen molar-refractivity contribution in [1.82, 2.24) is 0 Å². The maximum absolute atomic E-state index is 10.6. The maximum Gasteiger partial charge on any atom is 0.0634 e. The second-order valence-electron chi connectivity index (χ2n) is 7.62. The smallest absolute Gasteiger partial charge is 0.0634 e. The standard InChI is InChI=1S/C14H26O/c1-12(2,3)10-9-7-8-14(6,11(10)15)13(9,4)5/h9-11,15H,7-8H2,1-6H3/t9?,10?,11?,14-/m0/s1. The zero-order valence-electron chi connectivity index (χ0n) is 11.1. The molecule has 88 valence electrons. The number of hydrogen-bond donors (Lipinski definition) is 1. The van der Waals surface area contributed by atoms with E-state index >= 15 is 0 Å². The van der Waals surface area contributed by atoms with E-state index in [1.807, 2.05) is 0 Å². The van der Waals surface area contributed by atoms with Crippen LogP contribution >= 0.6 is 0 Å². The van der Waals surface area contributed by atoms with Crippen molar-refractivity contribution in [3.63, 3.8) is 0 Å². The molecule has 2 rings (SSSR count). The summed E-state index contributed by atoms with van der Waals surface area (Å²) in [5, 5.41) is 10.6. The number of hydrogen-bond acceptors (Lipinski definition) is 1. The first kappa shape index (κ1) is 11.4. The zero-order valence-corrected chi connectivity index (χ0v) is 11.1. The molecule has 0 radical (unpaired) electrons. The Hall–Kier alpha value is -0.0400. The molecule has 15 heavy (non-hydrogen) atoms. The first-order chi connectivity index (χ1) is 6.62. The van der Waals surface area contributed by atoms with Crippen LogP contribution < -0.4 is 0 Å². The second-order valence-corrected chi connectivity index (χ2v) is 7.62. The van der Waals surface area contributed by atoms with Crippen LogP contribution in [0.1, 0.15) is 54.4 Å². The van der Waals surface area contributed by atoms with Gasteiger partial charge in [-0.25, -0.2) is 0 Å². The van der Waals surface area contributed by atoms with Gasteiger partial charge in [0.25, 0.3) is 0 Å². The molecule has 1 N–H and O–H groups in total. The van der Waals surface area contributed by atoms with Gasteiger partial charge in [0.1, 0.15) is 0 Å². The van der Waals surface area contributed by atoms with E-state index in [1.165, 1.54) is 12.8 Å². The molecular weight excluding hydrogens is 184 g/mol. The predicted octanol–water partition coefficient (Wildman–Crippen LogP) is 3.47. The third-order valence-corrected chi connectivity index (χ3v) is 5.80. The van der Waals surface area contributed by atoms with Gasteiger partial charge in [-0.2, -0.15) is 0 Å². The Morgan fingerprint density at radius 3 is 1.93 bits per heavy atom. The van der Waals surface area contributed by atoms with Gasteiger partial charge in [-0.1, -0.05) is 41.5 Å². The first-order valence-electron chi connectivity index (χ1n) is 6.30. The molecule has 0 heterocycles. The SMILES string of the molecule is CC(C)(C)C1C2CC[C@@](C)(C1O)C2(C)C. The highest BCUT2D eigenvalue weighted by Gasteiger charge is 2.67. The molecule has 0 amide bonds. The molecule has 0 aromatic rings. The molecule has 2 fully saturated rings. The van der Waals surface area contributed by atoms with Crippen LogP contribution in [0.2, 0.25) is 0 Å². The van der Waals surface area contributed by atoms with Gasteiger partial charge in [0.15, 0.2) is 0 Å². The van der Waals surface area contributed by atoms with E-state index in [2.05, 4.69) is 41.5 Å². The van der Waals surface area contributed by atoms with Crippen LogP contribution in [-0.2, 0) is 0 Å². The van der Waals surface area contributed by atoms with Crippen molar-refractivity contribution >= 4 is 0 Å². The van der Waals surface area contributed by atoms with Crippen LogP contribution in [0.3, 0.4) is 0 Å².